The van der Waals surface area contributed by atoms with Gasteiger partial charge in [0, 0.05) is 18.8 Å². The molecular weight excluding hydrogens is 283 g/mol. The Kier molecular flexibility index (Phi) is 3.91. The van der Waals surface area contributed by atoms with Gasteiger partial charge in [-0.15, -0.1) is 0 Å². The first kappa shape index (κ1) is 15.7. The van der Waals surface area contributed by atoms with Gasteiger partial charge in [0.15, 0.2) is 0 Å². The highest BCUT2D eigenvalue weighted by molar-refractivity contribution is 5.90. The minimum absolute atomic E-state index is 0.199. The minimum atomic E-state index is -4.67. The van der Waals surface area contributed by atoms with Crippen molar-refractivity contribution in [3.63, 3.8) is 0 Å². The lowest BCUT2D eigenvalue weighted by atomic mass is 9.82. The van der Waals surface area contributed by atoms with Crippen LogP contribution in [0.4, 0.5) is 18.9 Å². The van der Waals surface area contributed by atoms with Gasteiger partial charge in [0.2, 0.25) is 0 Å². The van der Waals surface area contributed by atoms with Crippen molar-refractivity contribution in [2.45, 2.75) is 32.9 Å². The number of halogens is 3. The van der Waals surface area contributed by atoms with Gasteiger partial charge < -0.3 is 10.0 Å². The van der Waals surface area contributed by atoms with Crippen LogP contribution < -0.4 is 4.90 Å². The number of carboxylic acid groups (broad SMARTS) is 1. The van der Waals surface area contributed by atoms with E-state index in [-0.39, 0.29) is 5.41 Å². The number of benzene rings is 1. The molecule has 0 bridgehead atoms. The van der Waals surface area contributed by atoms with Crippen LogP contribution in [0.5, 0.6) is 0 Å². The second kappa shape index (κ2) is 5.24. The summed E-state index contributed by atoms with van der Waals surface area (Å²) in [7, 11) is 0. The van der Waals surface area contributed by atoms with Gasteiger partial charge in [-0.2, -0.15) is 13.2 Å². The number of nitrogens with zero attached hydrogens (tertiary/aromatic N) is 1. The molecule has 0 amide bonds. The van der Waals surface area contributed by atoms with Gasteiger partial charge >= 0.3 is 12.1 Å². The van der Waals surface area contributed by atoms with Crippen molar-refractivity contribution in [3.8, 4) is 0 Å². The van der Waals surface area contributed by atoms with E-state index < -0.39 is 23.3 Å². The van der Waals surface area contributed by atoms with Crippen LogP contribution in [0.2, 0.25) is 0 Å². The first-order valence-corrected chi connectivity index (χ1v) is 6.80. The summed E-state index contributed by atoms with van der Waals surface area (Å²) < 4.78 is 39.0. The molecule has 1 heterocycles. The first-order chi connectivity index (χ1) is 9.60. The van der Waals surface area contributed by atoms with E-state index in [1.807, 2.05) is 4.90 Å². The lowest BCUT2D eigenvalue weighted by molar-refractivity contribution is -0.138. The number of alkyl halides is 3. The number of piperidine rings is 1. The molecule has 1 saturated heterocycles. The Morgan fingerprint density at radius 1 is 1.24 bits per heavy atom. The molecule has 1 aromatic rings. The molecule has 0 unspecified atom stereocenters. The monoisotopic (exact) mass is 301 g/mol. The van der Waals surface area contributed by atoms with Crippen LogP contribution in [0.25, 0.3) is 0 Å². The zero-order valence-electron chi connectivity index (χ0n) is 12.0. The summed E-state index contributed by atoms with van der Waals surface area (Å²) in [5, 5.41) is 8.89. The fourth-order valence-corrected chi connectivity index (χ4v) is 2.52. The summed E-state index contributed by atoms with van der Waals surface area (Å²) in [5.74, 6) is -1.56. The summed E-state index contributed by atoms with van der Waals surface area (Å²) in [5.41, 5.74) is -1.16. The Balaban J connectivity index is 2.33. The fraction of sp³-hybridized carbons (Fsp3) is 0.533. The van der Waals surface area contributed by atoms with Crippen LogP contribution >= 0.6 is 0 Å². The highest BCUT2D eigenvalue weighted by Gasteiger charge is 2.36. The minimum Gasteiger partial charge on any atom is -0.478 e. The van der Waals surface area contributed by atoms with Crippen LogP contribution in [0.15, 0.2) is 18.2 Å². The van der Waals surface area contributed by atoms with E-state index in [1.165, 1.54) is 6.07 Å². The predicted octanol–water partition coefficient (Wildman–Crippen LogP) is 4.03. The summed E-state index contributed by atoms with van der Waals surface area (Å²) in [4.78, 5) is 12.8. The third kappa shape index (κ3) is 3.49. The quantitative estimate of drug-likeness (QED) is 0.896. The van der Waals surface area contributed by atoms with Crippen molar-refractivity contribution in [1.29, 1.82) is 0 Å². The van der Waals surface area contributed by atoms with E-state index in [9.17, 15) is 18.0 Å². The number of rotatable bonds is 2. The summed E-state index contributed by atoms with van der Waals surface area (Å²) in [6.07, 6.45) is -2.87. The zero-order chi connectivity index (χ0) is 15.8. The molecule has 0 saturated carbocycles. The van der Waals surface area contributed by atoms with Gasteiger partial charge in [-0.3, -0.25) is 0 Å². The van der Waals surface area contributed by atoms with Crippen molar-refractivity contribution in [2.24, 2.45) is 5.41 Å². The van der Waals surface area contributed by atoms with Gasteiger partial charge in [0.25, 0.3) is 0 Å². The average molecular weight is 301 g/mol. The second-order valence-electron chi connectivity index (χ2n) is 6.18. The number of carbonyl (C=O) groups is 1. The largest absolute Gasteiger partial charge is 0.478 e. The standard InChI is InChI=1S/C15H18F3NO2/c1-14(2)5-7-19(8-6-14)10-3-4-11(13(20)21)12(9-10)15(16,17)18/h3-4,9H,5-8H2,1-2H3,(H,20,21). The second-order valence-corrected chi connectivity index (χ2v) is 6.18. The highest BCUT2D eigenvalue weighted by atomic mass is 19.4. The molecule has 0 atom stereocenters. The predicted molar refractivity (Wildman–Crippen MR) is 73.6 cm³/mol. The number of carboxylic acids is 1. The molecule has 6 heteroatoms. The Bertz CT molecular complexity index is 542. The van der Waals surface area contributed by atoms with Crippen LogP contribution in [-0.2, 0) is 6.18 Å². The molecule has 0 aromatic heterocycles. The smallest absolute Gasteiger partial charge is 0.417 e. The summed E-state index contributed by atoms with van der Waals surface area (Å²) in [6.45, 7) is 5.63. The molecule has 21 heavy (non-hydrogen) atoms. The van der Waals surface area contributed by atoms with Gasteiger partial charge in [-0.25, -0.2) is 4.79 Å². The molecule has 0 aliphatic carbocycles. The van der Waals surface area contributed by atoms with E-state index >= 15 is 0 Å². The molecule has 0 spiro atoms. The van der Waals surface area contributed by atoms with E-state index in [0.29, 0.717) is 18.8 Å². The molecule has 2 rings (SSSR count). The summed E-state index contributed by atoms with van der Waals surface area (Å²) in [6, 6.07) is 3.44. The molecule has 1 fully saturated rings. The SMILES string of the molecule is CC1(C)CCN(c2ccc(C(=O)O)c(C(F)(F)F)c2)CC1. The Morgan fingerprint density at radius 3 is 2.29 bits per heavy atom. The molecule has 1 N–H and O–H groups in total. The van der Waals surface area contributed by atoms with Crippen LogP contribution in [0.1, 0.15) is 42.6 Å². The normalized spacial score (nSPS) is 18.6. The van der Waals surface area contributed by atoms with Crippen LogP contribution in [0.3, 0.4) is 0 Å². The molecular formula is C15H18F3NO2. The summed E-state index contributed by atoms with van der Waals surface area (Å²) >= 11 is 0. The molecule has 3 nitrogen and oxygen atoms in total. The third-order valence-corrected chi connectivity index (χ3v) is 4.02. The van der Waals surface area contributed by atoms with Crippen molar-refractivity contribution in [3.05, 3.63) is 29.3 Å². The maximum atomic E-state index is 13.0. The number of hydrogen-bond donors (Lipinski definition) is 1. The van der Waals surface area contributed by atoms with Crippen molar-refractivity contribution in [1.82, 2.24) is 0 Å². The lowest BCUT2D eigenvalue weighted by Gasteiger charge is -2.38. The topological polar surface area (TPSA) is 40.5 Å². The molecule has 116 valence electrons. The maximum Gasteiger partial charge on any atom is 0.417 e. The van der Waals surface area contributed by atoms with Crippen molar-refractivity contribution in [2.75, 3.05) is 18.0 Å². The number of anilines is 1. The van der Waals surface area contributed by atoms with Crippen molar-refractivity contribution < 1.29 is 23.1 Å². The van der Waals surface area contributed by atoms with E-state index in [2.05, 4.69) is 13.8 Å². The Labute approximate surface area is 121 Å². The van der Waals surface area contributed by atoms with Gasteiger partial charge in [-0.05, 0) is 36.5 Å². The Hall–Kier alpha value is -1.72. The van der Waals surface area contributed by atoms with E-state index in [0.717, 1.165) is 25.0 Å². The first-order valence-electron chi connectivity index (χ1n) is 6.80. The van der Waals surface area contributed by atoms with E-state index in [1.54, 1.807) is 0 Å². The van der Waals surface area contributed by atoms with Crippen LogP contribution in [0, 0.1) is 5.41 Å². The molecule has 1 aliphatic heterocycles. The zero-order valence-corrected chi connectivity index (χ0v) is 12.0. The third-order valence-electron chi connectivity index (χ3n) is 4.02. The van der Waals surface area contributed by atoms with Crippen molar-refractivity contribution >= 4 is 11.7 Å². The molecule has 0 radical (unpaired) electrons. The lowest BCUT2D eigenvalue weighted by Crippen LogP contribution is -2.37. The van der Waals surface area contributed by atoms with Gasteiger partial charge in [0.1, 0.15) is 0 Å². The van der Waals surface area contributed by atoms with Crippen LogP contribution in [-0.4, -0.2) is 24.2 Å². The molecule has 1 aliphatic rings. The number of aromatic carboxylic acids is 1. The highest BCUT2D eigenvalue weighted by Crippen LogP contribution is 2.37. The fourth-order valence-electron chi connectivity index (χ4n) is 2.52. The Morgan fingerprint density at radius 2 is 1.81 bits per heavy atom. The number of hydrogen-bond acceptors (Lipinski definition) is 2. The van der Waals surface area contributed by atoms with E-state index in [4.69, 9.17) is 5.11 Å². The maximum absolute atomic E-state index is 13.0. The molecule has 1 aromatic carbocycles. The van der Waals surface area contributed by atoms with Gasteiger partial charge in [0.05, 0.1) is 11.1 Å². The average Bonchev–Trinajstić information content (AvgIpc) is 2.37. The van der Waals surface area contributed by atoms with Gasteiger partial charge in [-0.1, -0.05) is 13.8 Å².